The first-order valence-electron chi connectivity index (χ1n) is 20.7. The summed E-state index contributed by atoms with van der Waals surface area (Å²) in [5.41, 5.74) is 2.88. The lowest BCUT2D eigenvalue weighted by Gasteiger charge is -2.38. The van der Waals surface area contributed by atoms with E-state index in [4.69, 9.17) is 16.3 Å². The van der Waals surface area contributed by atoms with Crippen LogP contribution in [-0.4, -0.2) is 112 Å². The number of hydrogen-bond acceptors (Lipinski definition) is 12. The van der Waals surface area contributed by atoms with Gasteiger partial charge in [0.25, 0.3) is 11.8 Å². The molecule has 4 aromatic rings. The van der Waals surface area contributed by atoms with Crippen molar-refractivity contribution >= 4 is 74.9 Å². The van der Waals surface area contributed by atoms with Crippen LogP contribution >= 0.6 is 11.6 Å². The average molecular weight is 852 g/mol. The third kappa shape index (κ3) is 9.51. The van der Waals surface area contributed by atoms with Gasteiger partial charge in [0.15, 0.2) is 0 Å². The lowest BCUT2D eigenvalue weighted by Crippen LogP contribution is -2.54. The smallest absolute Gasteiger partial charge is 0.262 e. The zero-order valence-electron chi connectivity index (χ0n) is 33.6. The van der Waals surface area contributed by atoms with E-state index in [9.17, 15) is 28.4 Å². The van der Waals surface area contributed by atoms with Gasteiger partial charge in [-0.3, -0.25) is 34.2 Å². The number of aromatic nitrogens is 2. The molecule has 3 aromatic carbocycles. The number of benzene rings is 3. The zero-order valence-corrected chi connectivity index (χ0v) is 34.3. The van der Waals surface area contributed by atoms with Crippen LogP contribution in [0.3, 0.4) is 0 Å². The van der Waals surface area contributed by atoms with Crippen molar-refractivity contribution in [1.29, 1.82) is 0 Å². The van der Waals surface area contributed by atoms with Gasteiger partial charge >= 0.3 is 0 Å². The van der Waals surface area contributed by atoms with E-state index in [1.807, 2.05) is 6.07 Å². The van der Waals surface area contributed by atoms with Gasteiger partial charge < -0.3 is 30.5 Å². The first-order valence-corrected chi connectivity index (χ1v) is 21.0. The fourth-order valence-corrected chi connectivity index (χ4v) is 8.84. The van der Waals surface area contributed by atoms with Crippen LogP contribution in [0.1, 0.15) is 65.7 Å². The number of hydrogen-bond donors (Lipinski definition) is 4. The molecule has 4 aliphatic heterocycles. The first-order chi connectivity index (χ1) is 29.5. The number of carbonyl (C=O) groups excluding carboxylic acids is 5. The van der Waals surface area contributed by atoms with Crippen LogP contribution in [0.2, 0.25) is 5.02 Å². The molecule has 4 aliphatic rings. The minimum absolute atomic E-state index is 0.0244. The molecular weight excluding hydrogens is 805 g/mol. The highest BCUT2D eigenvalue weighted by atomic mass is 35.5. The van der Waals surface area contributed by atoms with Crippen LogP contribution in [-0.2, 0) is 14.4 Å². The van der Waals surface area contributed by atoms with Crippen molar-refractivity contribution in [2.24, 2.45) is 5.92 Å². The molecule has 61 heavy (non-hydrogen) atoms. The molecule has 2 atom stereocenters. The first kappa shape index (κ1) is 41.8. The number of carbonyl (C=O) groups is 5. The number of nitrogens with one attached hydrogen (secondary N) is 4. The molecule has 15 nitrogen and oxygen atoms in total. The quantitative estimate of drug-likeness (QED) is 0.0688. The van der Waals surface area contributed by atoms with Crippen LogP contribution in [0.25, 0.3) is 10.9 Å². The van der Waals surface area contributed by atoms with Crippen molar-refractivity contribution < 1.29 is 33.1 Å². The second-order valence-corrected chi connectivity index (χ2v) is 16.4. The molecule has 1 unspecified atom stereocenters. The predicted molar refractivity (Wildman–Crippen MR) is 229 cm³/mol. The Hall–Kier alpha value is -5.97. The summed E-state index contributed by atoms with van der Waals surface area (Å²) in [5, 5.41) is 12.4. The van der Waals surface area contributed by atoms with E-state index < -0.39 is 41.4 Å². The fourth-order valence-electron chi connectivity index (χ4n) is 8.66. The Kier molecular flexibility index (Phi) is 12.6. The second-order valence-electron chi connectivity index (χ2n) is 16.0. The largest absolute Gasteiger partial charge is 0.491 e. The maximum absolute atomic E-state index is 13.7. The highest BCUT2D eigenvalue weighted by Crippen LogP contribution is 2.35. The van der Waals surface area contributed by atoms with Crippen molar-refractivity contribution in [1.82, 2.24) is 30.0 Å². The molecule has 5 amide bonds. The highest BCUT2D eigenvalue weighted by Gasteiger charge is 2.44. The van der Waals surface area contributed by atoms with Crippen molar-refractivity contribution in [2.75, 3.05) is 61.8 Å². The van der Waals surface area contributed by atoms with Gasteiger partial charge in [-0.05, 0) is 113 Å². The Balaban J connectivity index is 0.799. The maximum atomic E-state index is 13.7. The molecule has 0 saturated carbocycles. The monoisotopic (exact) mass is 851 g/mol. The average Bonchev–Trinajstić information content (AvgIpc) is 3.49. The lowest BCUT2D eigenvalue weighted by molar-refractivity contribution is -0.136. The second kappa shape index (κ2) is 18.3. The molecule has 3 saturated heterocycles. The summed E-state index contributed by atoms with van der Waals surface area (Å²) in [5.74, 6) is -1.45. The van der Waals surface area contributed by atoms with Gasteiger partial charge in [-0.2, -0.15) is 0 Å². The predicted octanol–water partition coefficient (Wildman–Crippen LogP) is 5.75. The molecule has 1 aromatic heterocycles. The molecule has 5 heterocycles. The van der Waals surface area contributed by atoms with Crippen molar-refractivity contribution in [3.05, 3.63) is 89.5 Å². The summed E-state index contributed by atoms with van der Waals surface area (Å²) < 4.78 is 20.0. The lowest BCUT2D eigenvalue weighted by atomic mass is 9.94. The SMILES string of the molecule is C=CC(=O)Nc1cc2c(Nc3ccc(F)c(Cl)c3)ncnc2cc1OCCCN1CCC(CN2CCC[C@H](Nc3ccc4c(c3)C(=O)N(C3CCC(=O)NC3=O)C4=O)C2)CC1. The summed E-state index contributed by atoms with van der Waals surface area (Å²) >= 11 is 5.98. The maximum Gasteiger partial charge on any atom is 0.262 e. The number of rotatable bonds is 14. The van der Waals surface area contributed by atoms with Crippen LogP contribution in [0.5, 0.6) is 5.75 Å². The highest BCUT2D eigenvalue weighted by molar-refractivity contribution is 6.31. The molecule has 0 spiro atoms. The van der Waals surface area contributed by atoms with E-state index in [0.29, 0.717) is 46.4 Å². The Morgan fingerprint density at radius 1 is 0.951 bits per heavy atom. The van der Waals surface area contributed by atoms with Crippen LogP contribution in [0.15, 0.2) is 67.5 Å². The molecule has 8 rings (SSSR count). The summed E-state index contributed by atoms with van der Waals surface area (Å²) in [7, 11) is 0. The number of fused-ring (bicyclic) bond motifs is 2. The summed E-state index contributed by atoms with van der Waals surface area (Å²) in [6.07, 6.45) is 7.83. The minimum Gasteiger partial charge on any atom is -0.491 e. The van der Waals surface area contributed by atoms with Crippen LogP contribution in [0.4, 0.5) is 27.3 Å². The number of amides is 5. The third-order valence-corrected chi connectivity index (χ3v) is 12.1. The van der Waals surface area contributed by atoms with Crippen molar-refractivity contribution in [2.45, 2.75) is 57.0 Å². The standard InChI is InChI=1S/C44H47ClFN9O6/c1-2-39(56)51-36-21-32-35(47-25-48-41(32)50-28-7-9-34(46)33(45)20-28)22-38(36)61-18-4-15-53-16-12-26(13-17-53)23-54-14-3-5-29(24-54)49-27-6-8-30-31(19-27)44(60)55(43(30)59)37-10-11-40(57)52-42(37)58/h2,6-9,19-22,25-26,29,37,49H,1,3-5,10-18,23-24H2,(H,51,56)(H,47,48,50)(H,52,57,58)/t29-,37?/m0/s1. The molecule has 3 fully saturated rings. The molecule has 0 bridgehead atoms. The number of piperidine rings is 3. The summed E-state index contributed by atoms with van der Waals surface area (Å²) in [6.45, 7) is 9.81. The molecule has 318 valence electrons. The van der Waals surface area contributed by atoms with E-state index in [2.05, 4.69) is 47.6 Å². The number of ether oxygens (including phenoxy) is 1. The number of anilines is 4. The molecule has 0 aliphatic carbocycles. The number of imide groups is 2. The molecular formula is C44H47ClFN9O6. The van der Waals surface area contributed by atoms with E-state index >= 15 is 0 Å². The van der Waals surface area contributed by atoms with Crippen molar-refractivity contribution in [3.63, 3.8) is 0 Å². The third-order valence-electron chi connectivity index (χ3n) is 11.8. The number of halogens is 2. The number of nitrogens with zero attached hydrogens (tertiary/aromatic N) is 5. The number of likely N-dealkylation sites (tertiary alicyclic amines) is 2. The fraction of sp³-hybridized carbons (Fsp3) is 0.386. The van der Waals surface area contributed by atoms with Gasteiger partial charge in [-0.25, -0.2) is 14.4 Å². The summed E-state index contributed by atoms with van der Waals surface area (Å²) in [4.78, 5) is 77.7. The van der Waals surface area contributed by atoms with E-state index in [-0.39, 0.29) is 35.0 Å². The molecule has 0 radical (unpaired) electrons. The Morgan fingerprint density at radius 2 is 1.75 bits per heavy atom. The summed E-state index contributed by atoms with van der Waals surface area (Å²) in [6, 6.07) is 12.2. The van der Waals surface area contributed by atoms with Gasteiger partial charge in [-0.15, -0.1) is 0 Å². The normalized spacial score (nSPS) is 20.1. The van der Waals surface area contributed by atoms with Crippen LogP contribution in [0, 0.1) is 11.7 Å². The Bertz CT molecular complexity index is 2390. The Labute approximate surface area is 357 Å². The van der Waals surface area contributed by atoms with E-state index in [1.165, 1.54) is 24.5 Å². The van der Waals surface area contributed by atoms with Gasteiger partial charge in [0.05, 0.1) is 34.0 Å². The van der Waals surface area contributed by atoms with Gasteiger partial charge in [0, 0.05) is 54.9 Å². The van der Waals surface area contributed by atoms with E-state index in [1.54, 1.807) is 30.3 Å². The topological polar surface area (TPSA) is 178 Å². The van der Waals surface area contributed by atoms with Gasteiger partial charge in [0.2, 0.25) is 17.7 Å². The van der Waals surface area contributed by atoms with Crippen molar-refractivity contribution in [3.8, 4) is 5.75 Å². The van der Waals surface area contributed by atoms with E-state index in [0.717, 1.165) is 82.0 Å². The zero-order chi connectivity index (χ0) is 42.6. The van der Waals surface area contributed by atoms with Crippen LogP contribution < -0.4 is 26.0 Å². The molecule has 17 heteroatoms. The Morgan fingerprint density at radius 3 is 2.54 bits per heavy atom. The van der Waals surface area contributed by atoms with Gasteiger partial charge in [0.1, 0.15) is 29.8 Å². The minimum atomic E-state index is -0.989. The molecule has 4 N–H and O–H groups in total. The van der Waals surface area contributed by atoms with Gasteiger partial charge in [-0.1, -0.05) is 18.2 Å².